The highest BCUT2D eigenvalue weighted by molar-refractivity contribution is 5.12. The summed E-state index contributed by atoms with van der Waals surface area (Å²) in [6.07, 6.45) is 6.38. The number of aliphatic hydroxyl groups is 1. The van der Waals surface area contributed by atoms with Crippen molar-refractivity contribution in [2.24, 2.45) is 0 Å². The highest BCUT2D eigenvalue weighted by Crippen LogP contribution is 2.18. The van der Waals surface area contributed by atoms with Gasteiger partial charge in [0.05, 0.1) is 12.4 Å². The van der Waals surface area contributed by atoms with Crippen LogP contribution in [0.2, 0.25) is 0 Å². The van der Waals surface area contributed by atoms with Crippen molar-refractivity contribution >= 4 is 0 Å². The van der Waals surface area contributed by atoms with Crippen LogP contribution in [-0.2, 0) is 13.1 Å². The van der Waals surface area contributed by atoms with Crippen molar-refractivity contribution in [3.63, 3.8) is 0 Å². The van der Waals surface area contributed by atoms with Gasteiger partial charge in [0.15, 0.2) is 0 Å². The van der Waals surface area contributed by atoms with E-state index in [0.29, 0.717) is 19.5 Å². The summed E-state index contributed by atoms with van der Waals surface area (Å²) in [7, 11) is 0. The maximum absolute atomic E-state index is 13.3. The molecule has 2 aromatic rings. The van der Waals surface area contributed by atoms with E-state index in [1.807, 2.05) is 0 Å². The highest BCUT2D eigenvalue weighted by Gasteiger charge is 2.26. The minimum Gasteiger partial charge on any atom is -0.396 e. The lowest BCUT2D eigenvalue weighted by atomic mass is 10.1. The zero-order chi connectivity index (χ0) is 17.6. The SMILES string of the molecule is OCC[C@H]1CN(Cc2cncc(F)c2)CCN1Cc1cncc(F)c1. The number of aliphatic hydroxyl groups excluding tert-OH is 1. The van der Waals surface area contributed by atoms with Gasteiger partial charge in [0, 0.05) is 57.8 Å². The molecule has 3 heterocycles. The molecule has 0 bridgehead atoms. The van der Waals surface area contributed by atoms with Gasteiger partial charge in [-0.05, 0) is 29.7 Å². The van der Waals surface area contributed by atoms with Gasteiger partial charge < -0.3 is 5.11 Å². The second kappa shape index (κ2) is 8.42. The van der Waals surface area contributed by atoms with Crippen LogP contribution in [-0.4, -0.2) is 57.2 Å². The van der Waals surface area contributed by atoms with E-state index in [4.69, 9.17) is 0 Å². The predicted octanol–water partition coefficient (Wildman–Crippen LogP) is 1.82. The van der Waals surface area contributed by atoms with E-state index in [-0.39, 0.29) is 24.3 Å². The van der Waals surface area contributed by atoms with Crippen molar-refractivity contribution in [3.8, 4) is 0 Å². The summed E-state index contributed by atoms with van der Waals surface area (Å²) in [4.78, 5) is 12.3. The fourth-order valence-corrected chi connectivity index (χ4v) is 3.31. The van der Waals surface area contributed by atoms with Crippen LogP contribution < -0.4 is 0 Å². The number of hydrogen-bond acceptors (Lipinski definition) is 5. The second-order valence-corrected chi connectivity index (χ2v) is 6.39. The van der Waals surface area contributed by atoms with E-state index in [0.717, 1.165) is 30.8 Å². The smallest absolute Gasteiger partial charge is 0.141 e. The molecule has 5 nitrogen and oxygen atoms in total. The quantitative estimate of drug-likeness (QED) is 0.863. The summed E-state index contributed by atoms with van der Waals surface area (Å²) in [5.74, 6) is -0.671. The standard InChI is InChI=1S/C18H22F2N4O/c19-16-5-14(7-21-9-16)11-23-2-3-24(18(13-23)1-4-25)12-15-6-17(20)10-22-8-15/h5-10,18,25H,1-4,11-13H2/t18-/m0/s1. The van der Waals surface area contributed by atoms with Gasteiger partial charge in [-0.3, -0.25) is 19.8 Å². The van der Waals surface area contributed by atoms with Crippen molar-refractivity contribution in [2.75, 3.05) is 26.2 Å². The summed E-state index contributed by atoms with van der Waals surface area (Å²) in [5, 5.41) is 9.38. The molecule has 25 heavy (non-hydrogen) atoms. The molecule has 1 atom stereocenters. The lowest BCUT2D eigenvalue weighted by molar-refractivity contribution is 0.0498. The molecule has 0 spiro atoms. The average molecular weight is 348 g/mol. The number of halogens is 2. The van der Waals surface area contributed by atoms with Gasteiger partial charge in [-0.1, -0.05) is 0 Å². The molecule has 0 aliphatic carbocycles. The molecule has 1 saturated heterocycles. The van der Waals surface area contributed by atoms with Gasteiger partial charge in [0.1, 0.15) is 11.6 Å². The summed E-state index contributed by atoms with van der Waals surface area (Å²) in [6, 6.07) is 3.15. The first-order chi connectivity index (χ1) is 12.1. The molecule has 3 rings (SSSR count). The molecule has 134 valence electrons. The molecular weight excluding hydrogens is 326 g/mol. The Balaban J connectivity index is 1.63. The van der Waals surface area contributed by atoms with Crippen LogP contribution in [0.5, 0.6) is 0 Å². The van der Waals surface area contributed by atoms with E-state index in [1.54, 1.807) is 12.4 Å². The van der Waals surface area contributed by atoms with Crippen LogP contribution in [0, 0.1) is 11.6 Å². The molecule has 1 aliphatic heterocycles. The van der Waals surface area contributed by atoms with Gasteiger partial charge in [-0.2, -0.15) is 0 Å². The Morgan fingerprint density at radius 3 is 2.20 bits per heavy atom. The molecular formula is C18H22F2N4O. The first-order valence-corrected chi connectivity index (χ1v) is 8.40. The van der Waals surface area contributed by atoms with Crippen molar-refractivity contribution in [1.29, 1.82) is 0 Å². The maximum Gasteiger partial charge on any atom is 0.141 e. The van der Waals surface area contributed by atoms with Crippen molar-refractivity contribution in [1.82, 2.24) is 19.8 Å². The van der Waals surface area contributed by atoms with Crippen LogP contribution in [0.3, 0.4) is 0 Å². The molecule has 0 radical (unpaired) electrons. The Bertz CT molecular complexity index is 700. The van der Waals surface area contributed by atoms with Crippen molar-refractivity contribution in [3.05, 3.63) is 59.7 Å². The predicted molar refractivity (Wildman–Crippen MR) is 89.6 cm³/mol. The molecule has 7 heteroatoms. The van der Waals surface area contributed by atoms with E-state index in [9.17, 15) is 13.9 Å². The average Bonchev–Trinajstić information content (AvgIpc) is 2.58. The van der Waals surface area contributed by atoms with Gasteiger partial charge in [-0.15, -0.1) is 0 Å². The lowest BCUT2D eigenvalue weighted by Gasteiger charge is -2.41. The highest BCUT2D eigenvalue weighted by atomic mass is 19.1. The van der Waals surface area contributed by atoms with Gasteiger partial charge in [0.25, 0.3) is 0 Å². The monoisotopic (exact) mass is 348 g/mol. The number of piperazine rings is 1. The molecule has 0 unspecified atom stereocenters. The Hall–Kier alpha value is -1.96. The second-order valence-electron chi connectivity index (χ2n) is 6.39. The van der Waals surface area contributed by atoms with Crippen molar-refractivity contribution in [2.45, 2.75) is 25.6 Å². The fraction of sp³-hybridized carbons (Fsp3) is 0.444. The Kier molecular flexibility index (Phi) is 6.01. The minimum atomic E-state index is -0.339. The topological polar surface area (TPSA) is 52.5 Å². The third-order valence-electron chi connectivity index (χ3n) is 4.47. The Labute approximate surface area is 145 Å². The minimum absolute atomic E-state index is 0.0952. The number of aromatic nitrogens is 2. The Morgan fingerprint density at radius 1 is 0.960 bits per heavy atom. The van der Waals surface area contributed by atoms with Crippen LogP contribution in [0.4, 0.5) is 8.78 Å². The van der Waals surface area contributed by atoms with Gasteiger partial charge >= 0.3 is 0 Å². The lowest BCUT2D eigenvalue weighted by Crippen LogP contribution is -2.52. The molecule has 1 fully saturated rings. The number of hydrogen-bond donors (Lipinski definition) is 1. The van der Waals surface area contributed by atoms with Gasteiger partial charge in [-0.25, -0.2) is 8.78 Å². The molecule has 1 N–H and O–H groups in total. The van der Waals surface area contributed by atoms with E-state index in [2.05, 4.69) is 19.8 Å². The maximum atomic E-state index is 13.3. The van der Waals surface area contributed by atoms with Crippen LogP contribution >= 0.6 is 0 Å². The summed E-state index contributed by atoms with van der Waals surface area (Å²) < 4.78 is 26.6. The van der Waals surface area contributed by atoms with Gasteiger partial charge in [0.2, 0.25) is 0 Å². The van der Waals surface area contributed by atoms with Crippen LogP contribution in [0.25, 0.3) is 0 Å². The molecule has 0 saturated carbocycles. The molecule has 1 aliphatic rings. The third kappa shape index (κ3) is 5.01. The number of pyridine rings is 2. The van der Waals surface area contributed by atoms with Crippen LogP contribution in [0.15, 0.2) is 36.9 Å². The molecule has 0 amide bonds. The zero-order valence-electron chi connectivity index (χ0n) is 14.0. The zero-order valence-corrected chi connectivity index (χ0v) is 14.0. The van der Waals surface area contributed by atoms with E-state index in [1.165, 1.54) is 24.5 Å². The molecule has 0 aromatic carbocycles. The summed E-state index contributed by atoms with van der Waals surface area (Å²) >= 11 is 0. The Morgan fingerprint density at radius 2 is 1.60 bits per heavy atom. The first kappa shape index (κ1) is 17.8. The van der Waals surface area contributed by atoms with Crippen molar-refractivity contribution < 1.29 is 13.9 Å². The first-order valence-electron chi connectivity index (χ1n) is 8.40. The van der Waals surface area contributed by atoms with Crippen LogP contribution in [0.1, 0.15) is 17.5 Å². The largest absolute Gasteiger partial charge is 0.396 e. The number of rotatable bonds is 6. The molecule has 2 aromatic heterocycles. The number of nitrogens with zero attached hydrogens (tertiary/aromatic N) is 4. The summed E-state index contributed by atoms with van der Waals surface area (Å²) in [5.41, 5.74) is 1.66. The summed E-state index contributed by atoms with van der Waals surface area (Å²) in [6.45, 7) is 3.70. The third-order valence-corrected chi connectivity index (χ3v) is 4.47. The van der Waals surface area contributed by atoms with E-state index < -0.39 is 0 Å². The fourth-order valence-electron chi connectivity index (χ4n) is 3.31. The normalized spacial score (nSPS) is 19.2. The van der Waals surface area contributed by atoms with E-state index >= 15 is 0 Å².